The van der Waals surface area contributed by atoms with Crippen molar-refractivity contribution >= 4 is 16.4 Å². The minimum absolute atomic E-state index is 0.156. The number of nitrogens with zero attached hydrogens (tertiary/aromatic N) is 2. The van der Waals surface area contributed by atoms with Crippen LogP contribution in [-0.4, -0.2) is 14.6 Å². The number of nitrogens with one attached hydrogen (secondary N) is 1. The van der Waals surface area contributed by atoms with Gasteiger partial charge in [0.2, 0.25) is 0 Å². The van der Waals surface area contributed by atoms with Crippen LogP contribution in [0.4, 0.5) is 0 Å². The highest BCUT2D eigenvalue weighted by atomic mass is 16.1. The SMILES string of the molecule is Cc1n[nH]c(=O)c2cc3ccccc3n12. The fourth-order valence-corrected chi connectivity index (χ4v) is 1.91. The molecular formula is C11H9N3O. The van der Waals surface area contributed by atoms with Crippen LogP contribution in [0.25, 0.3) is 16.4 Å². The Morgan fingerprint density at radius 3 is 2.93 bits per heavy atom. The molecule has 1 aromatic carbocycles. The van der Waals surface area contributed by atoms with Crippen LogP contribution < -0.4 is 5.56 Å². The molecule has 0 saturated heterocycles. The molecule has 0 atom stereocenters. The van der Waals surface area contributed by atoms with E-state index < -0.39 is 0 Å². The zero-order valence-corrected chi connectivity index (χ0v) is 8.19. The predicted octanol–water partition coefficient (Wildman–Crippen LogP) is 1.48. The summed E-state index contributed by atoms with van der Waals surface area (Å²) < 4.78 is 1.87. The van der Waals surface area contributed by atoms with Crippen molar-refractivity contribution in [2.45, 2.75) is 6.92 Å². The van der Waals surface area contributed by atoms with E-state index in [0.29, 0.717) is 5.52 Å². The maximum Gasteiger partial charge on any atom is 0.288 e. The lowest BCUT2D eigenvalue weighted by molar-refractivity contribution is 0.873. The van der Waals surface area contributed by atoms with Crippen molar-refractivity contribution in [2.24, 2.45) is 0 Å². The number of aromatic nitrogens is 3. The normalized spacial score (nSPS) is 11.3. The second-order valence-corrected chi connectivity index (χ2v) is 3.52. The molecule has 3 aromatic rings. The van der Waals surface area contributed by atoms with Crippen LogP contribution in [0.3, 0.4) is 0 Å². The number of hydrogen-bond donors (Lipinski definition) is 1. The van der Waals surface area contributed by atoms with E-state index in [1.807, 2.05) is 41.7 Å². The maximum atomic E-state index is 11.6. The van der Waals surface area contributed by atoms with Crippen LogP contribution in [-0.2, 0) is 0 Å². The molecule has 0 amide bonds. The third-order valence-corrected chi connectivity index (χ3v) is 2.59. The number of fused-ring (bicyclic) bond motifs is 3. The average molecular weight is 199 g/mol. The Kier molecular flexibility index (Phi) is 1.48. The Morgan fingerprint density at radius 2 is 2.07 bits per heavy atom. The largest absolute Gasteiger partial charge is 0.291 e. The highest BCUT2D eigenvalue weighted by molar-refractivity contribution is 5.86. The molecule has 15 heavy (non-hydrogen) atoms. The lowest BCUT2D eigenvalue weighted by Gasteiger charge is -1.99. The smallest absolute Gasteiger partial charge is 0.288 e. The summed E-state index contributed by atoms with van der Waals surface area (Å²) in [5, 5.41) is 7.49. The first-order valence-corrected chi connectivity index (χ1v) is 4.73. The molecular weight excluding hydrogens is 190 g/mol. The van der Waals surface area contributed by atoms with Crippen molar-refractivity contribution in [3.05, 3.63) is 46.5 Å². The highest BCUT2D eigenvalue weighted by Gasteiger charge is 2.07. The number of aryl methyl sites for hydroxylation is 1. The van der Waals surface area contributed by atoms with E-state index in [-0.39, 0.29) is 5.56 Å². The monoisotopic (exact) mass is 199 g/mol. The van der Waals surface area contributed by atoms with E-state index in [9.17, 15) is 4.79 Å². The molecule has 0 aliphatic rings. The Labute approximate surface area is 85.2 Å². The zero-order chi connectivity index (χ0) is 10.4. The second kappa shape index (κ2) is 2.70. The van der Waals surface area contributed by atoms with Gasteiger partial charge in [-0.15, -0.1) is 0 Å². The van der Waals surface area contributed by atoms with Crippen molar-refractivity contribution in [3.63, 3.8) is 0 Å². The minimum atomic E-state index is -0.156. The Balaban J connectivity index is 2.72. The first-order chi connectivity index (χ1) is 7.27. The minimum Gasteiger partial charge on any atom is -0.291 e. The number of aromatic amines is 1. The molecule has 0 radical (unpaired) electrons. The van der Waals surface area contributed by atoms with E-state index in [1.165, 1.54) is 0 Å². The molecule has 2 heterocycles. The van der Waals surface area contributed by atoms with E-state index in [2.05, 4.69) is 10.2 Å². The Morgan fingerprint density at radius 1 is 1.27 bits per heavy atom. The van der Waals surface area contributed by atoms with Crippen molar-refractivity contribution in [1.82, 2.24) is 14.6 Å². The highest BCUT2D eigenvalue weighted by Crippen LogP contribution is 2.17. The Hall–Kier alpha value is -2.10. The van der Waals surface area contributed by atoms with Crippen LogP contribution >= 0.6 is 0 Å². The molecule has 1 N–H and O–H groups in total. The van der Waals surface area contributed by atoms with E-state index >= 15 is 0 Å². The molecule has 0 unspecified atom stereocenters. The summed E-state index contributed by atoms with van der Waals surface area (Å²) in [6.45, 7) is 1.87. The first kappa shape index (κ1) is 8.23. The van der Waals surface area contributed by atoms with Crippen LogP contribution in [0.2, 0.25) is 0 Å². The number of H-pyrrole nitrogens is 1. The van der Waals surface area contributed by atoms with E-state index in [4.69, 9.17) is 0 Å². The summed E-state index contributed by atoms with van der Waals surface area (Å²) in [4.78, 5) is 11.6. The van der Waals surface area contributed by atoms with Crippen molar-refractivity contribution in [2.75, 3.05) is 0 Å². The zero-order valence-electron chi connectivity index (χ0n) is 8.19. The van der Waals surface area contributed by atoms with Gasteiger partial charge in [-0.1, -0.05) is 18.2 Å². The number of benzene rings is 1. The summed E-state index contributed by atoms with van der Waals surface area (Å²) in [5.74, 6) is 0.783. The van der Waals surface area contributed by atoms with Crippen LogP contribution in [0, 0.1) is 6.92 Å². The first-order valence-electron chi connectivity index (χ1n) is 4.73. The number of para-hydroxylation sites is 1. The molecule has 74 valence electrons. The average Bonchev–Trinajstić information content (AvgIpc) is 2.64. The van der Waals surface area contributed by atoms with Gasteiger partial charge in [0.25, 0.3) is 5.56 Å². The van der Waals surface area contributed by atoms with Crippen LogP contribution in [0.1, 0.15) is 5.82 Å². The van der Waals surface area contributed by atoms with Gasteiger partial charge in [0, 0.05) is 5.39 Å². The topological polar surface area (TPSA) is 50.2 Å². The quantitative estimate of drug-likeness (QED) is 0.596. The van der Waals surface area contributed by atoms with E-state index in [1.54, 1.807) is 0 Å². The van der Waals surface area contributed by atoms with Gasteiger partial charge in [0.1, 0.15) is 11.3 Å². The molecule has 2 aromatic heterocycles. The molecule has 0 aliphatic heterocycles. The molecule has 0 bridgehead atoms. The van der Waals surface area contributed by atoms with Crippen LogP contribution in [0.15, 0.2) is 35.1 Å². The summed E-state index contributed by atoms with van der Waals surface area (Å²) in [5.41, 5.74) is 1.50. The fourth-order valence-electron chi connectivity index (χ4n) is 1.91. The fraction of sp³-hybridized carbons (Fsp3) is 0.0909. The van der Waals surface area contributed by atoms with Crippen molar-refractivity contribution in [1.29, 1.82) is 0 Å². The standard InChI is InChI=1S/C11H9N3O/c1-7-12-13-11(15)10-6-8-4-2-3-5-9(8)14(7)10/h2-6H,1H3,(H,13,15). The summed E-state index contributed by atoms with van der Waals surface area (Å²) in [6.07, 6.45) is 0. The van der Waals surface area contributed by atoms with Crippen molar-refractivity contribution < 1.29 is 0 Å². The second-order valence-electron chi connectivity index (χ2n) is 3.52. The van der Waals surface area contributed by atoms with Crippen molar-refractivity contribution in [3.8, 4) is 0 Å². The summed E-state index contributed by atoms with van der Waals surface area (Å²) in [6, 6.07) is 9.76. The molecule has 0 spiro atoms. The molecule has 3 rings (SSSR count). The number of rotatable bonds is 0. The van der Waals surface area contributed by atoms with Gasteiger partial charge >= 0.3 is 0 Å². The summed E-state index contributed by atoms with van der Waals surface area (Å²) >= 11 is 0. The lowest BCUT2D eigenvalue weighted by atomic mass is 10.2. The van der Waals surface area contributed by atoms with Gasteiger partial charge in [-0.05, 0) is 19.1 Å². The van der Waals surface area contributed by atoms with Gasteiger partial charge in [-0.3, -0.25) is 9.20 Å². The molecule has 0 aliphatic carbocycles. The predicted molar refractivity (Wildman–Crippen MR) is 58.1 cm³/mol. The molecule has 4 heteroatoms. The summed E-state index contributed by atoms with van der Waals surface area (Å²) in [7, 11) is 0. The third kappa shape index (κ3) is 1.01. The van der Waals surface area contributed by atoms with E-state index in [0.717, 1.165) is 16.7 Å². The molecule has 4 nitrogen and oxygen atoms in total. The van der Waals surface area contributed by atoms with Crippen LogP contribution in [0.5, 0.6) is 0 Å². The lowest BCUT2D eigenvalue weighted by Crippen LogP contribution is -2.13. The number of hydrogen-bond acceptors (Lipinski definition) is 2. The molecule has 0 fully saturated rings. The maximum absolute atomic E-state index is 11.6. The van der Waals surface area contributed by atoms with Gasteiger partial charge in [-0.25, -0.2) is 5.10 Å². The molecule has 0 saturated carbocycles. The van der Waals surface area contributed by atoms with Gasteiger partial charge < -0.3 is 0 Å². The third-order valence-electron chi connectivity index (χ3n) is 2.59. The van der Waals surface area contributed by atoms with Gasteiger partial charge in [0.05, 0.1) is 5.52 Å². The van der Waals surface area contributed by atoms with Gasteiger partial charge in [-0.2, -0.15) is 5.10 Å². The van der Waals surface area contributed by atoms with Gasteiger partial charge in [0.15, 0.2) is 0 Å². The Bertz CT molecular complexity index is 708.